The molecule has 0 saturated carbocycles. The number of nitrogens with zero attached hydrogens (tertiary/aromatic N) is 5. The maximum atomic E-state index is 11.9. The number of carbonyl (C=O) groups is 1. The maximum Gasteiger partial charge on any atom is 0.354 e. The summed E-state index contributed by atoms with van der Waals surface area (Å²) in [4.78, 5) is 33.4. The second-order valence-electron chi connectivity index (χ2n) is 6.51. The van der Waals surface area contributed by atoms with Crippen LogP contribution in [0.15, 0.2) is 30.6 Å². The fourth-order valence-electron chi connectivity index (χ4n) is 2.87. The molecule has 2 N–H and O–H groups in total. The summed E-state index contributed by atoms with van der Waals surface area (Å²) in [6.07, 6.45) is 1.25. The van der Waals surface area contributed by atoms with Crippen molar-refractivity contribution in [2.75, 3.05) is 50.6 Å². The van der Waals surface area contributed by atoms with Crippen LogP contribution in [0.3, 0.4) is 0 Å². The molecule has 3 rings (SSSR count). The van der Waals surface area contributed by atoms with E-state index in [0.29, 0.717) is 24.3 Å². The van der Waals surface area contributed by atoms with Gasteiger partial charge in [0.15, 0.2) is 0 Å². The molecule has 0 aliphatic carbocycles. The van der Waals surface area contributed by atoms with Crippen LogP contribution in [0.1, 0.15) is 17.3 Å². The van der Waals surface area contributed by atoms with Gasteiger partial charge in [-0.05, 0) is 32.2 Å². The highest BCUT2D eigenvalue weighted by molar-refractivity contribution is 5.91. The third kappa shape index (κ3) is 5.15. The molecule has 0 spiro atoms. The number of nitro groups is 1. The second kappa shape index (κ2) is 9.26. The standard InChI is InChI=1S/C18H23N7O4/c1-3-29-18(26)13-5-4-6-14(11-13)21-16-15(25(27)28)17(20-12-19-16)22-24-9-7-23(2)8-10-24/h4-6,11-12H,3,7-10H2,1-2H3,(H2,19,20,21,22). The Morgan fingerprint density at radius 2 is 1.97 bits per heavy atom. The number of hydrazine groups is 1. The molecule has 11 heteroatoms. The summed E-state index contributed by atoms with van der Waals surface area (Å²) in [7, 11) is 2.02. The van der Waals surface area contributed by atoms with Gasteiger partial charge in [0.1, 0.15) is 6.33 Å². The van der Waals surface area contributed by atoms with Gasteiger partial charge in [0.05, 0.1) is 17.1 Å². The predicted octanol–water partition coefficient (Wildman–Crippen LogP) is 1.88. The van der Waals surface area contributed by atoms with Gasteiger partial charge in [0.2, 0.25) is 11.6 Å². The zero-order valence-corrected chi connectivity index (χ0v) is 16.3. The van der Waals surface area contributed by atoms with Crippen LogP contribution >= 0.6 is 0 Å². The van der Waals surface area contributed by atoms with Gasteiger partial charge in [-0.1, -0.05) is 6.07 Å². The number of carbonyl (C=O) groups excluding carboxylic acids is 1. The number of ether oxygens (including phenoxy) is 1. The average molecular weight is 401 g/mol. The van der Waals surface area contributed by atoms with Gasteiger partial charge in [-0.2, -0.15) is 0 Å². The molecule has 1 aromatic carbocycles. The number of rotatable bonds is 7. The van der Waals surface area contributed by atoms with E-state index in [1.807, 2.05) is 12.1 Å². The van der Waals surface area contributed by atoms with Crippen molar-refractivity contribution in [2.45, 2.75) is 6.92 Å². The molecular weight excluding hydrogens is 378 g/mol. The number of likely N-dealkylation sites (N-methyl/N-ethyl adjacent to an activating group) is 1. The van der Waals surface area contributed by atoms with Gasteiger partial charge < -0.3 is 15.0 Å². The summed E-state index contributed by atoms with van der Waals surface area (Å²) in [5.41, 5.74) is 3.57. The average Bonchev–Trinajstić information content (AvgIpc) is 2.70. The van der Waals surface area contributed by atoms with E-state index in [-0.39, 0.29) is 23.9 Å². The number of hydrogen-bond acceptors (Lipinski definition) is 10. The normalized spacial score (nSPS) is 15.0. The van der Waals surface area contributed by atoms with Gasteiger partial charge in [0.25, 0.3) is 0 Å². The minimum atomic E-state index is -0.532. The van der Waals surface area contributed by atoms with E-state index in [0.717, 1.165) is 13.1 Å². The Kier molecular flexibility index (Phi) is 6.52. The number of hydrogen-bond donors (Lipinski definition) is 2. The van der Waals surface area contributed by atoms with Crippen molar-refractivity contribution in [1.29, 1.82) is 0 Å². The number of aromatic nitrogens is 2. The third-order valence-electron chi connectivity index (χ3n) is 4.41. The summed E-state index contributed by atoms with van der Waals surface area (Å²) in [5.74, 6) is -0.327. The lowest BCUT2D eigenvalue weighted by molar-refractivity contribution is -0.383. The molecule has 1 fully saturated rings. The van der Waals surface area contributed by atoms with Crippen molar-refractivity contribution in [2.24, 2.45) is 0 Å². The summed E-state index contributed by atoms with van der Waals surface area (Å²) in [5, 5.41) is 16.5. The molecule has 1 aliphatic heterocycles. The molecule has 2 heterocycles. The smallest absolute Gasteiger partial charge is 0.354 e. The fourth-order valence-corrected chi connectivity index (χ4v) is 2.87. The first-order valence-corrected chi connectivity index (χ1v) is 9.21. The topological polar surface area (TPSA) is 126 Å². The Labute approximate surface area is 167 Å². The van der Waals surface area contributed by atoms with Crippen molar-refractivity contribution >= 4 is 29.0 Å². The van der Waals surface area contributed by atoms with Crippen LogP contribution in [-0.4, -0.2) is 70.6 Å². The second-order valence-corrected chi connectivity index (χ2v) is 6.51. The lowest BCUT2D eigenvalue weighted by Crippen LogP contribution is -2.47. The number of benzene rings is 1. The van der Waals surface area contributed by atoms with E-state index in [2.05, 4.69) is 25.6 Å². The predicted molar refractivity (Wildman–Crippen MR) is 107 cm³/mol. The highest BCUT2D eigenvalue weighted by atomic mass is 16.6. The van der Waals surface area contributed by atoms with Gasteiger partial charge in [-0.25, -0.2) is 19.8 Å². The van der Waals surface area contributed by atoms with E-state index >= 15 is 0 Å². The number of esters is 1. The minimum absolute atomic E-state index is 0.0302. The molecule has 0 radical (unpaired) electrons. The van der Waals surface area contributed by atoms with E-state index in [1.165, 1.54) is 6.33 Å². The molecule has 0 unspecified atom stereocenters. The Hall–Kier alpha value is -3.31. The molecule has 154 valence electrons. The Morgan fingerprint density at radius 3 is 2.66 bits per heavy atom. The molecule has 29 heavy (non-hydrogen) atoms. The number of anilines is 3. The Bertz CT molecular complexity index is 884. The van der Waals surface area contributed by atoms with Crippen molar-refractivity contribution in [3.05, 3.63) is 46.3 Å². The van der Waals surface area contributed by atoms with Crippen molar-refractivity contribution in [3.63, 3.8) is 0 Å². The molecule has 0 atom stereocenters. The van der Waals surface area contributed by atoms with E-state index < -0.39 is 10.9 Å². The van der Waals surface area contributed by atoms with Gasteiger partial charge in [-0.15, -0.1) is 0 Å². The van der Waals surface area contributed by atoms with Crippen LogP contribution in [0.2, 0.25) is 0 Å². The molecule has 2 aromatic rings. The summed E-state index contributed by atoms with van der Waals surface area (Å²) in [6, 6.07) is 6.50. The summed E-state index contributed by atoms with van der Waals surface area (Å²) < 4.78 is 4.99. The van der Waals surface area contributed by atoms with Crippen molar-refractivity contribution in [1.82, 2.24) is 19.9 Å². The van der Waals surface area contributed by atoms with Gasteiger partial charge in [0, 0.05) is 31.9 Å². The van der Waals surface area contributed by atoms with E-state index in [9.17, 15) is 14.9 Å². The summed E-state index contributed by atoms with van der Waals surface area (Å²) >= 11 is 0. The van der Waals surface area contributed by atoms with Crippen LogP contribution in [0, 0.1) is 10.1 Å². The van der Waals surface area contributed by atoms with Gasteiger partial charge in [-0.3, -0.25) is 15.5 Å². The highest BCUT2D eigenvalue weighted by Gasteiger charge is 2.25. The SMILES string of the molecule is CCOC(=O)c1cccc(Nc2ncnc(NN3CCN(C)CC3)c2[N+](=O)[O-])c1. The molecule has 0 bridgehead atoms. The molecule has 1 saturated heterocycles. The van der Waals surface area contributed by atoms with Crippen LogP contribution in [0.25, 0.3) is 0 Å². The largest absolute Gasteiger partial charge is 0.462 e. The lowest BCUT2D eigenvalue weighted by Gasteiger charge is -2.32. The monoisotopic (exact) mass is 401 g/mol. The van der Waals surface area contributed by atoms with Crippen molar-refractivity contribution < 1.29 is 14.5 Å². The first-order valence-electron chi connectivity index (χ1n) is 9.21. The van der Waals surface area contributed by atoms with Crippen molar-refractivity contribution in [3.8, 4) is 0 Å². The summed E-state index contributed by atoms with van der Waals surface area (Å²) in [6.45, 7) is 5.09. The first-order chi connectivity index (χ1) is 14.0. The van der Waals surface area contributed by atoms with Crippen LogP contribution < -0.4 is 10.7 Å². The van der Waals surface area contributed by atoms with Crippen LogP contribution in [0.4, 0.5) is 23.0 Å². The first kappa shape index (κ1) is 20.4. The lowest BCUT2D eigenvalue weighted by atomic mass is 10.2. The molecule has 1 aromatic heterocycles. The number of nitrogens with one attached hydrogen (secondary N) is 2. The van der Waals surface area contributed by atoms with Gasteiger partial charge >= 0.3 is 11.7 Å². The zero-order chi connectivity index (χ0) is 20.8. The van der Waals surface area contributed by atoms with E-state index in [1.54, 1.807) is 31.2 Å². The van der Waals surface area contributed by atoms with Crippen LogP contribution in [-0.2, 0) is 4.74 Å². The Balaban J connectivity index is 1.83. The zero-order valence-electron chi connectivity index (χ0n) is 16.3. The number of piperazine rings is 1. The molecular formula is C18H23N7O4. The van der Waals surface area contributed by atoms with Crippen LogP contribution in [0.5, 0.6) is 0 Å². The molecule has 0 amide bonds. The molecule has 1 aliphatic rings. The molecule has 11 nitrogen and oxygen atoms in total. The fraction of sp³-hybridized carbons (Fsp3) is 0.389. The third-order valence-corrected chi connectivity index (χ3v) is 4.41. The van der Waals surface area contributed by atoms with E-state index in [4.69, 9.17) is 4.74 Å². The highest BCUT2D eigenvalue weighted by Crippen LogP contribution is 2.31. The maximum absolute atomic E-state index is 11.9. The quantitative estimate of drug-likeness (QED) is 0.403. The minimum Gasteiger partial charge on any atom is -0.462 e. The Morgan fingerprint density at radius 1 is 1.24 bits per heavy atom.